The van der Waals surface area contributed by atoms with Crippen LogP contribution in [0.5, 0.6) is 0 Å². The number of rotatable bonds is 1. The number of fused-ring (bicyclic) bond motifs is 5. The van der Waals surface area contributed by atoms with Crippen LogP contribution in [0.15, 0.2) is 72.8 Å². The summed E-state index contributed by atoms with van der Waals surface area (Å²) in [6.45, 7) is 0. The van der Waals surface area contributed by atoms with Gasteiger partial charge in [0.15, 0.2) is 0 Å². The van der Waals surface area contributed by atoms with Crippen molar-refractivity contribution in [2.75, 3.05) is 0 Å². The Morgan fingerprint density at radius 2 is 1.52 bits per heavy atom. The first-order valence-electron chi connectivity index (χ1n) is 8.97. The van der Waals surface area contributed by atoms with Gasteiger partial charge in [0.05, 0.1) is 0 Å². The van der Waals surface area contributed by atoms with Crippen LogP contribution in [-0.4, -0.2) is 0 Å². The molecule has 0 heterocycles. The van der Waals surface area contributed by atoms with Crippen LogP contribution < -0.4 is 0 Å². The molecule has 0 saturated carbocycles. The minimum absolute atomic E-state index is 0.585. The van der Waals surface area contributed by atoms with Crippen molar-refractivity contribution in [2.24, 2.45) is 0 Å². The summed E-state index contributed by atoms with van der Waals surface area (Å²) in [5.74, 6) is 0.585. The van der Waals surface area contributed by atoms with E-state index in [0.717, 1.165) is 17.9 Å². The summed E-state index contributed by atoms with van der Waals surface area (Å²) in [6, 6.07) is 26.4. The maximum absolute atomic E-state index is 6.07. The van der Waals surface area contributed by atoms with E-state index < -0.39 is 0 Å². The van der Waals surface area contributed by atoms with Gasteiger partial charge in [-0.05, 0) is 75.5 Å². The zero-order valence-corrected chi connectivity index (χ0v) is 14.8. The largest absolute Gasteiger partial charge is 0.0843 e. The molecule has 0 radical (unpaired) electrons. The Hall–Kier alpha value is -2.31. The molecule has 1 aliphatic rings. The summed E-state index contributed by atoms with van der Waals surface area (Å²) < 4.78 is 0. The second kappa shape index (κ2) is 5.89. The predicted octanol–water partition coefficient (Wildman–Crippen LogP) is 6.92. The lowest BCUT2D eigenvalue weighted by atomic mass is 9.78. The minimum atomic E-state index is 0.585. The molecule has 5 rings (SSSR count). The van der Waals surface area contributed by atoms with Crippen molar-refractivity contribution in [1.29, 1.82) is 0 Å². The van der Waals surface area contributed by atoms with E-state index in [2.05, 4.69) is 60.7 Å². The van der Waals surface area contributed by atoms with Crippen molar-refractivity contribution >= 4 is 33.1 Å². The first-order valence-corrected chi connectivity index (χ1v) is 9.35. The molecule has 1 unspecified atom stereocenters. The van der Waals surface area contributed by atoms with Crippen LogP contribution in [0.2, 0.25) is 5.02 Å². The highest BCUT2D eigenvalue weighted by Crippen LogP contribution is 2.38. The molecule has 0 nitrogen and oxygen atoms in total. The van der Waals surface area contributed by atoms with Crippen molar-refractivity contribution in [1.82, 2.24) is 0 Å². The van der Waals surface area contributed by atoms with Gasteiger partial charge in [0.25, 0.3) is 0 Å². The Morgan fingerprint density at radius 1 is 0.720 bits per heavy atom. The van der Waals surface area contributed by atoms with Crippen LogP contribution in [0.1, 0.15) is 29.0 Å². The van der Waals surface area contributed by atoms with Gasteiger partial charge >= 0.3 is 0 Å². The predicted molar refractivity (Wildman–Crippen MR) is 108 cm³/mol. The van der Waals surface area contributed by atoms with Gasteiger partial charge in [-0.3, -0.25) is 0 Å². The lowest BCUT2D eigenvalue weighted by molar-refractivity contribution is 0.588. The highest BCUT2D eigenvalue weighted by Gasteiger charge is 2.22. The average molecular weight is 343 g/mol. The van der Waals surface area contributed by atoms with Crippen LogP contribution in [0.4, 0.5) is 0 Å². The van der Waals surface area contributed by atoms with Crippen LogP contribution in [0.3, 0.4) is 0 Å². The second-order valence-electron chi connectivity index (χ2n) is 7.08. The van der Waals surface area contributed by atoms with Gasteiger partial charge < -0.3 is 0 Å². The highest BCUT2D eigenvalue weighted by molar-refractivity contribution is 6.30. The van der Waals surface area contributed by atoms with Crippen molar-refractivity contribution in [3.8, 4) is 0 Å². The lowest BCUT2D eigenvalue weighted by Crippen LogP contribution is -2.13. The van der Waals surface area contributed by atoms with E-state index in [1.165, 1.54) is 44.7 Å². The second-order valence-corrected chi connectivity index (χ2v) is 7.51. The molecule has 0 aromatic heterocycles. The number of halogens is 1. The fourth-order valence-electron chi connectivity index (χ4n) is 4.37. The van der Waals surface area contributed by atoms with Gasteiger partial charge in [0, 0.05) is 5.02 Å². The minimum Gasteiger partial charge on any atom is -0.0843 e. The van der Waals surface area contributed by atoms with E-state index in [4.69, 9.17) is 11.6 Å². The van der Waals surface area contributed by atoms with Crippen LogP contribution >= 0.6 is 11.6 Å². The molecule has 4 aromatic carbocycles. The topological polar surface area (TPSA) is 0 Å². The van der Waals surface area contributed by atoms with Gasteiger partial charge in [0.1, 0.15) is 0 Å². The van der Waals surface area contributed by atoms with Gasteiger partial charge in [-0.15, -0.1) is 0 Å². The van der Waals surface area contributed by atoms with Crippen molar-refractivity contribution in [2.45, 2.75) is 25.2 Å². The van der Waals surface area contributed by atoms with Crippen LogP contribution in [0, 0.1) is 0 Å². The maximum Gasteiger partial charge on any atom is 0.0406 e. The Kier molecular flexibility index (Phi) is 3.53. The van der Waals surface area contributed by atoms with E-state index in [0.29, 0.717) is 5.92 Å². The molecule has 4 aromatic rings. The molecular weight excluding hydrogens is 324 g/mol. The standard InChI is InChI=1S/C24H19Cl/c25-20-11-7-16(8-12-20)19-6-5-18-10-13-22-21-4-2-1-3-17(21)9-14-23(22)24(18)15-19/h1-4,7-14,19H,5-6,15H2. The Morgan fingerprint density at radius 3 is 2.40 bits per heavy atom. The molecule has 0 aliphatic heterocycles. The maximum atomic E-state index is 6.07. The van der Waals surface area contributed by atoms with Crippen molar-refractivity contribution in [3.63, 3.8) is 0 Å². The number of hydrogen-bond acceptors (Lipinski definition) is 0. The zero-order chi connectivity index (χ0) is 16.8. The normalized spacial score (nSPS) is 16.9. The lowest BCUT2D eigenvalue weighted by Gasteiger charge is -2.26. The molecule has 0 amide bonds. The monoisotopic (exact) mass is 342 g/mol. The van der Waals surface area contributed by atoms with Crippen LogP contribution in [-0.2, 0) is 12.8 Å². The van der Waals surface area contributed by atoms with E-state index >= 15 is 0 Å². The molecule has 25 heavy (non-hydrogen) atoms. The van der Waals surface area contributed by atoms with Crippen molar-refractivity contribution in [3.05, 3.63) is 94.5 Å². The Bertz CT molecular complexity index is 1080. The molecule has 0 saturated heterocycles. The quantitative estimate of drug-likeness (QED) is 0.329. The fraction of sp³-hybridized carbons (Fsp3) is 0.167. The third-order valence-electron chi connectivity index (χ3n) is 5.69. The van der Waals surface area contributed by atoms with Crippen LogP contribution in [0.25, 0.3) is 21.5 Å². The number of benzene rings is 4. The Labute approximate surface area is 153 Å². The third-order valence-corrected chi connectivity index (χ3v) is 5.94. The van der Waals surface area contributed by atoms with Gasteiger partial charge in [-0.25, -0.2) is 0 Å². The summed E-state index contributed by atoms with van der Waals surface area (Å²) in [4.78, 5) is 0. The summed E-state index contributed by atoms with van der Waals surface area (Å²) >= 11 is 6.07. The number of aryl methyl sites for hydroxylation is 1. The molecular formula is C24H19Cl. The molecule has 122 valence electrons. The summed E-state index contributed by atoms with van der Waals surface area (Å²) in [6.07, 6.45) is 3.49. The highest BCUT2D eigenvalue weighted by atomic mass is 35.5. The zero-order valence-electron chi connectivity index (χ0n) is 14.0. The van der Waals surface area contributed by atoms with E-state index in [1.807, 2.05) is 12.1 Å². The van der Waals surface area contributed by atoms with E-state index in [1.54, 1.807) is 0 Å². The molecule has 0 N–H and O–H groups in total. The van der Waals surface area contributed by atoms with Gasteiger partial charge in [-0.2, -0.15) is 0 Å². The number of hydrogen-bond donors (Lipinski definition) is 0. The molecule has 0 fully saturated rings. The first-order chi connectivity index (χ1) is 12.3. The molecule has 0 spiro atoms. The Balaban J connectivity index is 1.65. The average Bonchev–Trinajstić information content (AvgIpc) is 2.67. The summed E-state index contributed by atoms with van der Waals surface area (Å²) in [7, 11) is 0. The van der Waals surface area contributed by atoms with E-state index in [-0.39, 0.29) is 0 Å². The summed E-state index contributed by atoms with van der Waals surface area (Å²) in [5, 5.41) is 6.30. The van der Waals surface area contributed by atoms with E-state index in [9.17, 15) is 0 Å². The third kappa shape index (κ3) is 2.53. The van der Waals surface area contributed by atoms with Gasteiger partial charge in [0.2, 0.25) is 0 Å². The fourth-order valence-corrected chi connectivity index (χ4v) is 4.49. The molecule has 1 atom stereocenters. The first kappa shape index (κ1) is 15.0. The molecule has 0 bridgehead atoms. The molecule has 1 aliphatic carbocycles. The SMILES string of the molecule is Clc1ccc(C2CCc3ccc4c(ccc5ccccc54)c3C2)cc1. The van der Waals surface area contributed by atoms with Crippen molar-refractivity contribution < 1.29 is 0 Å². The smallest absolute Gasteiger partial charge is 0.0406 e. The molecule has 1 heteroatoms. The van der Waals surface area contributed by atoms with Gasteiger partial charge in [-0.1, -0.05) is 72.3 Å². The summed E-state index contributed by atoms with van der Waals surface area (Å²) in [5.41, 5.74) is 4.47.